The highest BCUT2D eigenvalue weighted by atomic mass is 16.5. The first kappa shape index (κ1) is 15.9. The van der Waals surface area contributed by atoms with Crippen molar-refractivity contribution in [2.45, 2.75) is 13.3 Å². The lowest BCUT2D eigenvalue weighted by Gasteiger charge is -2.07. The Labute approximate surface area is 140 Å². The molecule has 0 aliphatic rings. The van der Waals surface area contributed by atoms with Crippen LogP contribution >= 0.6 is 0 Å². The van der Waals surface area contributed by atoms with Crippen LogP contribution in [0, 0.1) is 6.92 Å². The first-order valence-electron chi connectivity index (χ1n) is 7.85. The minimum absolute atomic E-state index is 0.155. The second-order valence-corrected chi connectivity index (χ2v) is 5.76. The van der Waals surface area contributed by atoms with E-state index in [9.17, 15) is 9.59 Å². The lowest BCUT2D eigenvalue weighted by atomic mass is 10.0. The van der Waals surface area contributed by atoms with Crippen molar-refractivity contribution in [3.63, 3.8) is 0 Å². The van der Waals surface area contributed by atoms with Crippen molar-refractivity contribution in [2.24, 2.45) is 0 Å². The number of carbonyl (C=O) groups is 2. The molecule has 3 rings (SSSR count). The molecule has 0 amide bonds. The number of carbonyl (C=O) groups excluding carboxylic acids is 2. The van der Waals surface area contributed by atoms with E-state index in [1.165, 1.54) is 0 Å². The van der Waals surface area contributed by atoms with Gasteiger partial charge in [-0.25, -0.2) is 0 Å². The Morgan fingerprint density at radius 1 is 0.875 bits per heavy atom. The molecule has 120 valence electrons. The molecule has 0 heterocycles. The third-order valence-corrected chi connectivity index (χ3v) is 3.95. The van der Waals surface area contributed by atoms with Crippen molar-refractivity contribution in [3.8, 4) is 0 Å². The summed E-state index contributed by atoms with van der Waals surface area (Å²) in [4.78, 5) is 24.1. The van der Waals surface area contributed by atoms with Crippen molar-refractivity contribution in [2.75, 3.05) is 6.61 Å². The molecule has 0 radical (unpaired) electrons. The highest BCUT2D eigenvalue weighted by Gasteiger charge is 2.12. The monoisotopic (exact) mass is 318 g/mol. The molecule has 0 saturated heterocycles. The average Bonchev–Trinajstić information content (AvgIpc) is 2.61. The molecule has 0 N–H and O–H groups in total. The lowest BCUT2D eigenvalue weighted by Crippen LogP contribution is -2.15. The van der Waals surface area contributed by atoms with E-state index in [4.69, 9.17) is 4.74 Å². The molecular formula is C21H18O3. The second kappa shape index (κ2) is 7.09. The minimum atomic E-state index is -0.396. The van der Waals surface area contributed by atoms with Crippen molar-refractivity contribution in [3.05, 3.63) is 83.4 Å². The van der Waals surface area contributed by atoms with Gasteiger partial charge < -0.3 is 4.74 Å². The molecule has 0 fully saturated rings. The first-order chi connectivity index (χ1) is 11.6. The van der Waals surface area contributed by atoms with Gasteiger partial charge in [-0.3, -0.25) is 9.59 Å². The molecule has 0 spiro atoms. The van der Waals surface area contributed by atoms with Gasteiger partial charge in [-0.2, -0.15) is 0 Å². The summed E-state index contributed by atoms with van der Waals surface area (Å²) in [6.07, 6.45) is 0.155. The number of ether oxygens (including phenoxy) is 1. The van der Waals surface area contributed by atoms with Gasteiger partial charge in [0.15, 0.2) is 12.4 Å². The van der Waals surface area contributed by atoms with Crippen molar-refractivity contribution >= 4 is 22.5 Å². The maximum absolute atomic E-state index is 12.1. The largest absolute Gasteiger partial charge is 0.457 e. The minimum Gasteiger partial charge on any atom is -0.457 e. The fourth-order valence-corrected chi connectivity index (χ4v) is 2.62. The van der Waals surface area contributed by atoms with Gasteiger partial charge in [0.25, 0.3) is 0 Å². The number of rotatable bonds is 5. The summed E-state index contributed by atoms with van der Waals surface area (Å²) in [6, 6.07) is 20.9. The van der Waals surface area contributed by atoms with E-state index in [1.807, 2.05) is 61.5 Å². The zero-order valence-corrected chi connectivity index (χ0v) is 13.5. The second-order valence-electron chi connectivity index (χ2n) is 5.76. The van der Waals surface area contributed by atoms with Gasteiger partial charge in [0, 0.05) is 5.56 Å². The SMILES string of the molecule is Cc1ccc(C(=O)COC(=O)Cc2cccc3ccccc23)cc1. The fraction of sp³-hybridized carbons (Fsp3) is 0.143. The summed E-state index contributed by atoms with van der Waals surface area (Å²) >= 11 is 0. The first-order valence-corrected chi connectivity index (χ1v) is 7.85. The number of fused-ring (bicyclic) bond motifs is 1. The molecule has 0 bridgehead atoms. The van der Waals surface area contributed by atoms with Gasteiger partial charge in [-0.1, -0.05) is 72.3 Å². The molecule has 0 aliphatic carbocycles. The van der Waals surface area contributed by atoms with Crippen LogP contribution < -0.4 is 0 Å². The molecule has 3 aromatic rings. The van der Waals surface area contributed by atoms with Crippen LogP contribution in [0.1, 0.15) is 21.5 Å². The van der Waals surface area contributed by atoms with Crippen LogP contribution in [0.2, 0.25) is 0 Å². The zero-order valence-electron chi connectivity index (χ0n) is 13.5. The third kappa shape index (κ3) is 3.69. The summed E-state index contributed by atoms with van der Waals surface area (Å²) in [5.41, 5.74) is 2.54. The van der Waals surface area contributed by atoms with E-state index in [-0.39, 0.29) is 18.8 Å². The maximum Gasteiger partial charge on any atom is 0.310 e. The summed E-state index contributed by atoms with van der Waals surface area (Å²) in [5, 5.41) is 2.11. The number of esters is 1. The number of hydrogen-bond acceptors (Lipinski definition) is 3. The van der Waals surface area contributed by atoms with Crippen molar-refractivity contribution < 1.29 is 14.3 Å². The van der Waals surface area contributed by atoms with E-state index < -0.39 is 5.97 Å². The van der Waals surface area contributed by atoms with E-state index in [0.717, 1.165) is 21.9 Å². The van der Waals surface area contributed by atoms with Crippen molar-refractivity contribution in [1.82, 2.24) is 0 Å². The quantitative estimate of drug-likeness (QED) is 0.525. The Hall–Kier alpha value is -2.94. The number of ketones is 1. The van der Waals surface area contributed by atoms with Crippen molar-refractivity contribution in [1.29, 1.82) is 0 Å². The van der Waals surface area contributed by atoms with Gasteiger partial charge in [-0.05, 0) is 23.3 Å². The normalized spacial score (nSPS) is 10.5. The lowest BCUT2D eigenvalue weighted by molar-refractivity contribution is -0.141. The summed E-state index contributed by atoms with van der Waals surface area (Å²) < 4.78 is 5.15. The highest BCUT2D eigenvalue weighted by Crippen LogP contribution is 2.19. The zero-order chi connectivity index (χ0) is 16.9. The Kier molecular flexibility index (Phi) is 4.71. The molecule has 0 aromatic heterocycles. The third-order valence-electron chi connectivity index (χ3n) is 3.95. The summed E-state index contributed by atoms with van der Waals surface area (Å²) in [7, 11) is 0. The molecule has 3 nitrogen and oxygen atoms in total. The Morgan fingerprint density at radius 3 is 2.38 bits per heavy atom. The van der Waals surface area contributed by atoms with E-state index in [1.54, 1.807) is 12.1 Å². The van der Waals surface area contributed by atoms with Crippen LogP contribution in [0.5, 0.6) is 0 Å². The number of Topliss-reactive ketones (excluding diaryl/α,β-unsaturated/α-hetero) is 1. The maximum atomic E-state index is 12.1. The standard InChI is InChI=1S/C21H18O3/c1-15-9-11-17(12-10-15)20(22)14-24-21(23)13-18-7-4-6-16-5-2-3-8-19(16)18/h2-12H,13-14H2,1H3. The van der Waals surface area contributed by atoms with E-state index in [2.05, 4.69) is 0 Å². The molecule has 0 aliphatic heterocycles. The predicted molar refractivity (Wildman–Crippen MR) is 94.1 cm³/mol. The molecule has 3 aromatic carbocycles. The van der Waals surface area contributed by atoms with Crippen LogP contribution in [-0.4, -0.2) is 18.4 Å². The van der Waals surface area contributed by atoms with Gasteiger partial charge >= 0.3 is 5.97 Å². The predicted octanol–water partition coefficient (Wildman–Crippen LogP) is 4.12. The summed E-state index contributed by atoms with van der Waals surface area (Å²) in [5.74, 6) is -0.590. The van der Waals surface area contributed by atoms with E-state index >= 15 is 0 Å². The van der Waals surface area contributed by atoms with Gasteiger partial charge in [-0.15, -0.1) is 0 Å². The van der Waals surface area contributed by atoms with Crippen LogP contribution in [0.3, 0.4) is 0 Å². The van der Waals surface area contributed by atoms with Gasteiger partial charge in [0.1, 0.15) is 0 Å². The van der Waals surface area contributed by atoms with Crippen LogP contribution in [0.15, 0.2) is 66.7 Å². The molecule has 3 heteroatoms. The topological polar surface area (TPSA) is 43.4 Å². The average molecular weight is 318 g/mol. The van der Waals surface area contributed by atoms with Crippen LogP contribution in [0.25, 0.3) is 10.8 Å². The van der Waals surface area contributed by atoms with Crippen LogP contribution in [-0.2, 0) is 16.0 Å². The smallest absolute Gasteiger partial charge is 0.310 e. The number of aryl methyl sites for hydroxylation is 1. The Bertz CT molecular complexity index is 874. The van der Waals surface area contributed by atoms with Gasteiger partial charge in [0.2, 0.25) is 0 Å². The molecule has 0 saturated carbocycles. The number of hydrogen-bond donors (Lipinski definition) is 0. The summed E-state index contributed by atoms with van der Waals surface area (Å²) in [6.45, 7) is 1.73. The van der Waals surface area contributed by atoms with E-state index in [0.29, 0.717) is 5.56 Å². The highest BCUT2D eigenvalue weighted by molar-refractivity contribution is 5.98. The number of benzene rings is 3. The molecule has 0 atom stereocenters. The Morgan fingerprint density at radius 2 is 1.58 bits per heavy atom. The molecule has 24 heavy (non-hydrogen) atoms. The Balaban J connectivity index is 1.63. The fourth-order valence-electron chi connectivity index (χ4n) is 2.62. The van der Waals surface area contributed by atoms with Crippen LogP contribution in [0.4, 0.5) is 0 Å². The van der Waals surface area contributed by atoms with Gasteiger partial charge in [0.05, 0.1) is 6.42 Å². The molecule has 0 unspecified atom stereocenters. The molecular weight excluding hydrogens is 300 g/mol.